The van der Waals surface area contributed by atoms with Gasteiger partial charge < -0.3 is 14.4 Å². The van der Waals surface area contributed by atoms with Crippen LogP contribution in [0.4, 0.5) is 34.1 Å². The van der Waals surface area contributed by atoms with E-state index >= 15 is 0 Å². The minimum absolute atomic E-state index is 0.0133. The van der Waals surface area contributed by atoms with E-state index in [1.54, 1.807) is 4.57 Å². The van der Waals surface area contributed by atoms with Gasteiger partial charge in [0.25, 0.3) is 6.71 Å². The highest BCUT2D eigenvalue weighted by molar-refractivity contribution is 7.00. The van der Waals surface area contributed by atoms with Crippen molar-refractivity contribution in [3.63, 3.8) is 0 Å². The van der Waals surface area contributed by atoms with Crippen molar-refractivity contribution in [1.29, 1.82) is 0 Å². The molecule has 0 radical (unpaired) electrons. The van der Waals surface area contributed by atoms with Gasteiger partial charge in [-0.05, 0) is 158 Å². The normalized spacial score (nSPS) is 14.3. The van der Waals surface area contributed by atoms with Gasteiger partial charge in [-0.3, -0.25) is 0 Å². The van der Waals surface area contributed by atoms with Gasteiger partial charge in [-0.25, -0.2) is 0 Å². The van der Waals surface area contributed by atoms with Crippen LogP contribution in [-0.2, 0) is 27.1 Å². The molecule has 3 nitrogen and oxygen atoms in total. The van der Waals surface area contributed by atoms with E-state index in [-0.39, 0.29) is 61.0 Å². The highest BCUT2D eigenvalue weighted by Gasteiger charge is 2.46. The van der Waals surface area contributed by atoms with Crippen LogP contribution in [-0.4, -0.2) is 11.3 Å². The van der Waals surface area contributed by atoms with Crippen LogP contribution in [0.1, 0.15) is 143 Å². The van der Waals surface area contributed by atoms with Gasteiger partial charge in [-0.2, -0.15) is 0 Å². The summed E-state index contributed by atoms with van der Waals surface area (Å²) in [4.78, 5) is 5.04. The Morgan fingerprint density at radius 3 is 1.02 bits per heavy atom. The predicted octanol–water partition coefficient (Wildman–Crippen LogP) is 25.4. The first kappa shape index (κ1) is 57.0. The van der Waals surface area contributed by atoms with Crippen LogP contribution in [0, 0.1) is 0 Å². The van der Waals surface area contributed by atoms with Gasteiger partial charge in [0.15, 0.2) is 0 Å². The largest absolute Gasteiger partial charge is 0.310 e. The maximum Gasteiger partial charge on any atom is 0.252 e. The molecule has 3 heterocycles. The summed E-state index contributed by atoms with van der Waals surface area (Å²) < 4.78 is 77.5. The Labute approximate surface area is 617 Å². The summed E-state index contributed by atoms with van der Waals surface area (Å²) in [5.41, 5.74) is 26.7. The van der Waals surface area contributed by atoms with E-state index in [0.29, 0.717) is 5.69 Å². The molecule has 13 aromatic carbocycles. The van der Waals surface area contributed by atoms with Gasteiger partial charge in [0, 0.05) is 61.5 Å². The Balaban J connectivity index is 1.12. The fraction of sp³-hybridized carbons (Fsp3) is 0.204. The SMILES string of the molecule is [2H]c1c([2H])c([2H])c2c(c1[2H])c1c([2H])c([2H])c([2H])c([2H])c1n2-c1ccc2c(c1)N(c1c(-c3ccc(C(C)(C)C)cc3)cccc1-c1ccc(C(C)(C)C)cc1)c1cc(-c3ccc(C(C)(C)C)cc3)cc3c1B2c1cc(-c2ccccc2)ccc1N3c1c(-c2ccc(C(C)(C)C)cc2)cccc1-c1ccc(C(C)(C)C)cc1. The fourth-order valence-corrected chi connectivity index (χ4v) is 15.5. The first-order valence-corrected chi connectivity index (χ1v) is 36.0. The minimum atomic E-state index is -0.499. The number of nitrogens with zero attached hydrogens (tertiary/aromatic N) is 3. The zero-order valence-corrected chi connectivity index (χ0v) is 61.4. The maximum absolute atomic E-state index is 9.88. The Hall–Kier alpha value is -10.7. The molecule has 502 valence electrons. The lowest BCUT2D eigenvalue weighted by Gasteiger charge is -2.46. The number of aromatic nitrogens is 1. The van der Waals surface area contributed by atoms with Gasteiger partial charge in [-0.15, -0.1) is 0 Å². The third-order valence-corrected chi connectivity index (χ3v) is 21.3. The van der Waals surface area contributed by atoms with Crippen LogP contribution in [0.2, 0.25) is 0 Å². The molecule has 16 rings (SSSR count). The van der Waals surface area contributed by atoms with Crippen molar-refractivity contribution in [3.05, 3.63) is 313 Å². The second-order valence-corrected chi connectivity index (χ2v) is 33.2. The smallest absolute Gasteiger partial charge is 0.252 e. The van der Waals surface area contributed by atoms with Gasteiger partial charge in [0.2, 0.25) is 0 Å². The summed E-state index contributed by atoms with van der Waals surface area (Å²) in [6.07, 6.45) is 0. The summed E-state index contributed by atoms with van der Waals surface area (Å²) in [5.74, 6) is 0. The molecule has 1 aromatic heterocycles. The van der Waals surface area contributed by atoms with Crippen molar-refractivity contribution < 1.29 is 11.0 Å². The molecule has 2 aliphatic heterocycles. The highest BCUT2D eigenvalue weighted by Crippen LogP contribution is 2.55. The van der Waals surface area contributed by atoms with Gasteiger partial charge in [0.05, 0.1) is 33.4 Å². The third kappa shape index (κ3) is 11.6. The number of hydrogen-bond acceptors (Lipinski definition) is 2. The number of benzene rings is 13. The molecule has 2 aliphatic rings. The summed E-state index contributed by atoms with van der Waals surface area (Å²) in [6, 6.07) is 84.0. The molecule has 0 amide bonds. The predicted molar refractivity (Wildman–Crippen MR) is 441 cm³/mol. The van der Waals surface area contributed by atoms with E-state index in [4.69, 9.17) is 2.74 Å². The van der Waals surface area contributed by atoms with Crippen molar-refractivity contribution in [3.8, 4) is 72.4 Å². The van der Waals surface area contributed by atoms with Crippen LogP contribution in [0.15, 0.2) is 285 Å². The minimum Gasteiger partial charge on any atom is -0.310 e. The molecule has 102 heavy (non-hydrogen) atoms. The molecule has 0 bridgehead atoms. The van der Waals surface area contributed by atoms with Crippen LogP contribution in [0.25, 0.3) is 94.3 Å². The molecular weight excluding hydrogens is 1230 g/mol. The van der Waals surface area contributed by atoms with Crippen LogP contribution < -0.4 is 26.2 Å². The lowest BCUT2D eigenvalue weighted by atomic mass is 9.33. The standard InChI is InChI=1S/C98H92BN3/c1-94(2,3)71-46-35-64(36-47-71)70-60-89-91-90(61-70)102(93-79(67-41-52-74(53-42-67)97(10,11)12)31-24-32-80(93)68-43-54-75(55-44-68)98(13,14)15)88-62-76(100-85-33-21-19-27-81(85)82-28-20-22-34-86(82)100)56-57-83(88)99(91)84-59-69(63-25-17-16-18-26-63)45-58-87(84)101(89)92-77(65-37-48-72(49-38-65)95(4,5)6)29-23-30-78(92)66-39-50-73(51-40-66)96(7,8)9/h16-62H,1-15H3/i19D,20D,21D,22D,27D,28D,33D,34D. The van der Waals surface area contributed by atoms with Crippen LogP contribution in [0.3, 0.4) is 0 Å². The molecule has 0 saturated carbocycles. The van der Waals surface area contributed by atoms with E-state index < -0.39 is 43.0 Å². The topological polar surface area (TPSA) is 11.4 Å². The number of rotatable bonds is 9. The molecular formula is C98H92BN3. The van der Waals surface area contributed by atoms with Crippen molar-refractivity contribution in [1.82, 2.24) is 4.57 Å². The van der Waals surface area contributed by atoms with Crippen molar-refractivity contribution in [2.45, 2.75) is 131 Å². The summed E-state index contributed by atoms with van der Waals surface area (Å²) in [5, 5.41) is 0.0267. The Kier molecular flexibility index (Phi) is 13.7. The van der Waals surface area contributed by atoms with Gasteiger partial charge in [-0.1, -0.05) is 346 Å². The lowest BCUT2D eigenvalue weighted by Crippen LogP contribution is -2.61. The molecule has 14 aromatic rings. The Morgan fingerprint density at radius 2 is 0.627 bits per heavy atom. The molecule has 0 atom stereocenters. The number of para-hydroxylation sites is 4. The number of anilines is 6. The van der Waals surface area contributed by atoms with E-state index in [1.807, 2.05) is 6.07 Å². The first-order valence-electron chi connectivity index (χ1n) is 40.0. The quantitative estimate of drug-likeness (QED) is 0.133. The first-order chi connectivity index (χ1) is 52.1. The van der Waals surface area contributed by atoms with Crippen molar-refractivity contribution in [2.75, 3.05) is 9.80 Å². The van der Waals surface area contributed by atoms with Gasteiger partial charge >= 0.3 is 0 Å². The van der Waals surface area contributed by atoms with Gasteiger partial charge in [0.1, 0.15) is 0 Å². The number of fused-ring (bicyclic) bond motifs is 7. The zero-order chi connectivity index (χ0) is 77.9. The van der Waals surface area contributed by atoms with E-state index in [1.165, 1.54) is 27.8 Å². The highest BCUT2D eigenvalue weighted by atomic mass is 15.2. The monoisotopic (exact) mass is 1330 g/mol. The summed E-state index contributed by atoms with van der Waals surface area (Å²) >= 11 is 0. The van der Waals surface area contributed by atoms with Crippen LogP contribution in [0.5, 0.6) is 0 Å². The molecule has 0 fully saturated rings. The maximum atomic E-state index is 9.88. The summed E-state index contributed by atoms with van der Waals surface area (Å²) in [6.45, 7) is 33.3. The second kappa shape index (κ2) is 24.6. The lowest BCUT2D eigenvalue weighted by molar-refractivity contribution is 0.590. The van der Waals surface area contributed by atoms with E-state index in [9.17, 15) is 8.22 Å². The van der Waals surface area contributed by atoms with E-state index in [0.717, 1.165) is 117 Å². The average molecular weight is 1330 g/mol. The van der Waals surface area contributed by atoms with E-state index in [2.05, 4.69) is 344 Å². The molecule has 0 aliphatic carbocycles. The van der Waals surface area contributed by atoms with Crippen LogP contribution >= 0.6 is 0 Å². The molecule has 0 N–H and O–H groups in total. The summed E-state index contributed by atoms with van der Waals surface area (Å²) in [7, 11) is 0. The molecule has 4 heteroatoms. The molecule has 0 saturated heterocycles. The average Bonchev–Trinajstić information content (AvgIpc) is 1.18. The fourth-order valence-electron chi connectivity index (χ4n) is 15.5. The number of hydrogen-bond donors (Lipinski definition) is 0. The Bertz CT molecular complexity index is 5820. The van der Waals surface area contributed by atoms with Crippen molar-refractivity contribution >= 4 is 79.0 Å². The zero-order valence-electron chi connectivity index (χ0n) is 69.4. The molecule has 0 spiro atoms. The second-order valence-electron chi connectivity index (χ2n) is 33.2. The Morgan fingerprint density at radius 1 is 0.275 bits per heavy atom. The third-order valence-electron chi connectivity index (χ3n) is 21.3. The molecule has 0 unspecified atom stereocenters. The van der Waals surface area contributed by atoms with Crippen molar-refractivity contribution in [2.24, 2.45) is 0 Å².